The van der Waals surface area contributed by atoms with Crippen molar-refractivity contribution in [2.24, 2.45) is 0 Å². The van der Waals surface area contributed by atoms with E-state index in [4.69, 9.17) is 4.74 Å². The van der Waals surface area contributed by atoms with Gasteiger partial charge in [-0.25, -0.2) is 0 Å². The zero-order chi connectivity index (χ0) is 13.5. The molecular formula is C14H24N2O2. The van der Waals surface area contributed by atoms with Gasteiger partial charge in [0.25, 0.3) is 0 Å². The van der Waals surface area contributed by atoms with E-state index in [1.54, 1.807) is 6.92 Å². The predicted octanol–water partition coefficient (Wildman–Crippen LogP) is 2.04. The summed E-state index contributed by atoms with van der Waals surface area (Å²) in [4.78, 5) is 4.49. The van der Waals surface area contributed by atoms with Crippen LogP contribution in [0.5, 0.6) is 5.75 Å². The highest BCUT2D eigenvalue weighted by atomic mass is 16.5. The van der Waals surface area contributed by atoms with Crippen molar-refractivity contribution < 1.29 is 9.84 Å². The van der Waals surface area contributed by atoms with Crippen LogP contribution in [0.4, 0.5) is 0 Å². The van der Waals surface area contributed by atoms with Crippen LogP contribution in [-0.2, 0) is 6.54 Å². The lowest BCUT2D eigenvalue weighted by molar-refractivity contribution is 0.0594. The van der Waals surface area contributed by atoms with Crippen molar-refractivity contribution >= 4 is 0 Å². The highest BCUT2D eigenvalue weighted by Crippen LogP contribution is 2.19. The molecule has 2 atom stereocenters. The summed E-state index contributed by atoms with van der Waals surface area (Å²) in [5.41, 5.74) is 1.87. The third-order valence-corrected chi connectivity index (χ3v) is 2.78. The number of ether oxygens (including phenoxy) is 1. The van der Waals surface area contributed by atoms with E-state index in [-0.39, 0.29) is 6.10 Å². The molecule has 0 fully saturated rings. The van der Waals surface area contributed by atoms with Gasteiger partial charge >= 0.3 is 0 Å². The number of nitrogens with zero attached hydrogens (tertiary/aromatic N) is 1. The number of hydrogen-bond acceptors (Lipinski definition) is 4. The first kappa shape index (κ1) is 14.9. The summed E-state index contributed by atoms with van der Waals surface area (Å²) < 4.78 is 5.74. The largest absolute Gasteiger partial charge is 0.486 e. The van der Waals surface area contributed by atoms with Gasteiger partial charge in [-0.05, 0) is 45.9 Å². The molecule has 0 spiro atoms. The number of nitrogens with one attached hydrogen (secondary N) is 1. The van der Waals surface area contributed by atoms with Gasteiger partial charge in [0.1, 0.15) is 11.9 Å². The van der Waals surface area contributed by atoms with E-state index >= 15 is 0 Å². The zero-order valence-electron chi connectivity index (χ0n) is 11.7. The standard InChI is InChI=1S/C14H24N2O2/c1-5-8-15-9-13-14(7-6-10(2)16-13)18-12(4)11(3)17/h6-7,11-12,15,17H,5,8-9H2,1-4H3. The Labute approximate surface area is 109 Å². The Morgan fingerprint density at radius 2 is 2.11 bits per heavy atom. The minimum absolute atomic E-state index is 0.237. The first-order chi connectivity index (χ1) is 8.54. The molecule has 0 saturated carbocycles. The Morgan fingerprint density at radius 1 is 1.39 bits per heavy atom. The van der Waals surface area contributed by atoms with Gasteiger partial charge in [0.2, 0.25) is 0 Å². The van der Waals surface area contributed by atoms with Gasteiger partial charge in [-0.3, -0.25) is 4.98 Å². The van der Waals surface area contributed by atoms with Crippen molar-refractivity contribution in [2.75, 3.05) is 6.54 Å². The molecular weight excluding hydrogens is 228 g/mol. The smallest absolute Gasteiger partial charge is 0.142 e. The molecule has 1 aromatic heterocycles. The summed E-state index contributed by atoms with van der Waals surface area (Å²) in [5, 5.41) is 12.8. The van der Waals surface area contributed by atoms with E-state index in [2.05, 4.69) is 17.2 Å². The number of hydrogen-bond donors (Lipinski definition) is 2. The highest BCUT2D eigenvalue weighted by Gasteiger charge is 2.13. The molecule has 18 heavy (non-hydrogen) atoms. The van der Waals surface area contributed by atoms with Gasteiger partial charge in [-0.2, -0.15) is 0 Å². The summed E-state index contributed by atoms with van der Waals surface area (Å²) in [7, 11) is 0. The van der Waals surface area contributed by atoms with E-state index < -0.39 is 6.10 Å². The molecule has 1 aromatic rings. The van der Waals surface area contributed by atoms with Gasteiger partial charge < -0.3 is 15.2 Å². The lowest BCUT2D eigenvalue weighted by Crippen LogP contribution is -2.26. The van der Waals surface area contributed by atoms with Crippen LogP contribution in [-0.4, -0.2) is 28.8 Å². The van der Waals surface area contributed by atoms with Crippen LogP contribution in [0.3, 0.4) is 0 Å². The average molecular weight is 252 g/mol. The quantitative estimate of drug-likeness (QED) is 0.729. The first-order valence-electron chi connectivity index (χ1n) is 6.56. The molecule has 4 heteroatoms. The topological polar surface area (TPSA) is 54.4 Å². The highest BCUT2D eigenvalue weighted by molar-refractivity contribution is 5.29. The molecule has 0 amide bonds. The van der Waals surface area contributed by atoms with Gasteiger partial charge in [-0.1, -0.05) is 6.92 Å². The second-order valence-electron chi connectivity index (χ2n) is 4.64. The molecule has 1 rings (SSSR count). The fraction of sp³-hybridized carbons (Fsp3) is 0.643. The van der Waals surface area contributed by atoms with Crippen molar-refractivity contribution in [3.8, 4) is 5.75 Å². The number of aromatic nitrogens is 1. The van der Waals surface area contributed by atoms with Crippen molar-refractivity contribution in [3.63, 3.8) is 0 Å². The summed E-state index contributed by atoms with van der Waals surface area (Å²) >= 11 is 0. The molecule has 1 heterocycles. The van der Waals surface area contributed by atoms with Crippen LogP contribution >= 0.6 is 0 Å². The van der Waals surface area contributed by atoms with Crippen molar-refractivity contribution in [3.05, 3.63) is 23.5 Å². The maximum Gasteiger partial charge on any atom is 0.142 e. The van der Waals surface area contributed by atoms with Crippen molar-refractivity contribution in [2.45, 2.75) is 52.9 Å². The lowest BCUT2D eigenvalue weighted by Gasteiger charge is -2.19. The summed E-state index contributed by atoms with van der Waals surface area (Å²) in [5.74, 6) is 0.748. The van der Waals surface area contributed by atoms with E-state index in [1.807, 2.05) is 26.0 Å². The van der Waals surface area contributed by atoms with Crippen LogP contribution in [0.15, 0.2) is 12.1 Å². The molecule has 2 N–H and O–H groups in total. The maximum absolute atomic E-state index is 9.48. The minimum atomic E-state index is -0.497. The molecule has 102 valence electrons. The Morgan fingerprint density at radius 3 is 2.72 bits per heavy atom. The third-order valence-electron chi connectivity index (χ3n) is 2.78. The van der Waals surface area contributed by atoms with Crippen LogP contribution in [0.25, 0.3) is 0 Å². The Bertz CT molecular complexity index is 367. The Kier molecular flexibility index (Phi) is 6.09. The van der Waals surface area contributed by atoms with Crippen LogP contribution in [0.1, 0.15) is 38.6 Å². The van der Waals surface area contributed by atoms with Gasteiger partial charge in [0.15, 0.2) is 0 Å². The number of rotatable bonds is 7. The Hall–Kier alpha value is -1.13. The molecule has 0 radical (unpaired) electrons. The number of aliphatic hydroxyl groups is 1. The van der Waals surface area contributed by atoms with Crippen molar-refractivity contribution in [1.82, 2.24) is 10.3 Å². The molecule has 2 unspecified atom stereocenters. The first-order valence-corrected chi connectivity index (χ1v) is 6.56. The van der Waals surface area contributed by atoms with E-state index in [0.717, 1.165) is 30.1 Å². The molecule has 0 aromatic carbocycles. The molecule has 0 bridgehead atoms. The zero-order valence-corrected chi connectivity index (χ0v) is 11.7. The van der Waals surface area contributed by atoms with E-state index in [0.29, 0.717) is 6.54 Å². The monoisotopic (exact) mass is 252 g/mol. The van der Waals surface area contributed by atoms with Crippen molar-refractivity contribution in [1.29, 1.82) is 0 Å². The summed E-state index contributed by atoms with van der Waals surface area (Å²) in [6.07, 6.45) is 0.355. The maximum atomic E-state index is 9.48. The Balaban J connectivity index is 2.75. The van der Waals surface area contributed by atoms with E-state index in [9.17, 15) is 5.11 Å². The fourth-order valence-corrected chi connectivity index (χ4v) is 1.51. The predicted molar refractivity (Wildman–Crippen MR) is 72.7 cm³/mol. The average Bonchev–Trinajstić information content (AvgIpc) is 2.32. The van der Waals surface area contributed by atoms with E-state index in [1.165, 1.54) is 0 Å². The lowest BCUT2D eigenvalue weighted by atomic mass is 10.2. The SMILES string of the molecule is CCCNCc1nc(C)ccc1OC(C)C(C)O. The second kappa shape index (κ2) is 7.34. The second-order valence-corrected chi connectivity index (χ2v) is 4.64. The van der Waals surface area contributed by atoms with Gasteiger partial charge in [0, 0.05) is 12.2 Å². The van der Waals surface area contributed by atoms with Gasteiger partial charge in [0.05, 0.1) is 11.8 Å². The molecule has 0 aliphatic rings. The summed E-state index contributed by atoms with van der Waals surface area (Å²) in [6, 6.07) is 3.84. The molecule has 0 aliphatic heterocycles. The number of pyridine rings is 1. The van der Waals surface area contributed by atoms with Crippen LogP contribution in [0.2, 0.25) is 0 Å². The van der Waals surface area contributed by atoms with Crippen LogP contribution < -0.4 is 10.1 Å². The molecule has 0 aliphatic carbocycles. The molecule has 0 saturated heterocycles. The van der Waals surface area contributed by atoms with Gasteiger partial charge in [-0.15, -0.1) is 0 Å². The number of aryl methyl sites for hydroxylation is 1. The number of aliphatic hydroxyl groups excluding tert-OH is 1. The third kappa shape index (κ3) is 4.63. The summed E-state index contributed by atoms with van der Waals surface area (Å²) in [6.45, 7) is 9.32. The molecule has 4 nitrogen and oxygen atoms in total. The normalized spacial score (nSPS) is 14.3. The fourth-order valence-electron chi connectivity index (χ4n) is 1.51. The minimum Gasteiger partial charge on any atom is -0.486 e. The van der Waals surface area contributed by atoms with Crippen LogP contribution in [0, 0.1) is 6.92 Å².